The zero-order valence-electron chi connectivity index (χ0n) is 12.8. The minimum atomic E-state index is -0.272. The molecule has 0 atom stereocenters. The maximum atomic E-state index is 12.1. The lowest BCUT2D eigenvalue weighted by Crippen LogP contribution is -2.28. The third-order valence-corrected chi connectivity index (χ3v) is 3.46. The molecule has 0 aromatic heterocycles. The molecule has 0 aliphatic carbocycles. The van der Waals surface area contributed by atoms with Crippen LogP contribution in [-0.2, 0) is 17.9 Å². The highest BCUT2D eigenvalue weighted by Crippen LogP contribution is 2.32. The maximum Gasteiger partial charge on any atom is 0.319 e. The monoisotopic (exact) mass is 314 g/mol. The van der Waals surface area contributed by atoms with Crippen molar-refractivity contribution in [2.75, 3.05) is 19.2 Å². The van der Waals surface area contributed by atoms with E-state index in [1.54, 1.807) is 7.11 Å². The summed E-state index contributed by atoms with van der Waals surface area (Å²) < 4.78 is 15.7. The Labute approximate surface area is 134 Å². The predicted octanol–water partition coefficient (Wildman–Crippen LogP) is 2.88. The molecule has 0 fully saturated rings. The quantitative estimate of drug-likeness (QED) is 0.890. The second-order valence-corrected chi connectivity index (χ2v) is 5.09. The first-order valence-electron chi connectivity index (χ1n) is 7.26. The SMILES string of the molecule is COCc1ccccc1NC(=O)NCc1ccc2c(c1)OCO2. The summed E-state index contributed by atoms with van der Waals surface area (Å²) in [6, 6.07) is 12.9. The Hall–Kier alpha value is -2.73. The van der Waals surface area contributed by atoms with Gasteiger partial charge in [-0.05, 0) is 23.8 Å². The zero-order chi connectivity index (χ0) is 16.1. The lowest BCUT2D eigenvalue weighted by Gasteiger charge is -2.11. The van der Waals surface area contributed by atoms with Gasteiger partial charge < -0.3 is 24.8 Å². The van der Waals surface area contributed by atoms with Crippen LogP contribution in [-0.4, -0.2) is 19.9 Å². The number of rotatable bonds is 5. The van der Waals surface area contributed by atoms with Crippen molar-refractivity contribution in [2.45, 2.75) is 13.2 Å². The number of carbonyl (C=O) groups is 1. The van der Waals surface area contributed by atoms with Gasteiger partial charge in [0.25, 0.3) is 0 Å². The van der Waals surface area contributed by atoms with E-state index in [1.165, 1.54) is 0 Å². The summed E-state index contributed by atoms with van der Waals surface area (Å²) in [7, 11) is 1.62. The molecule has 23 heavy (non-hydrogen) atoms. The van der Waals surface area contributed by atoms with Gasteiger partial charge in [-0.15, -0.1) is 0 Å². The molecule has 120 valence electrons. The predicted molar refractivity (Wildman–Crippen MR) is 85.6 cm³/mol. The molecule has 0 radical (unpaired) electrons. The van der Waals surface area contributed by atoms with Crippen LogP contribution < -0.4 is 20.1 Å². The molecule has 2 amide bonds. The Morgan fingerprint density at radius 2 is 2.00 bits per heavy atom. The van der Waals surface area contributed by atoms with E-state index in [9.17, 15) is 4.79 Å². The number of carbonyl (C=O) groups excluding carboxylic acids is 1. The molecule has 0 bridgehead atoms. The Bertz CT molecular complexity index is 703. The van der Waals surface area contributed by atoms with Crippen molar-refractivity contribution in [3.05, 3.63) is 53.6 Å². The van der Waals surface area contributed by atoms with Crippen LogP contribution in [0.25, 0.3) is 0 Å². The zero-order valence-corrected chi connectivity index (χ0v) is 12.8. The van der Waals surface area contributed by atoms with E-state index in [-0.39, 0.29) is 12.8 Å². The van der Waals surface area contributed by atoms with Gasteiger partial charge in [-0.25, -0.2) is 4.79 Å². The van der Waals surface area contributed by atoms with E-state index in [2.05, 4.69) is 10.6 Å². The average molecular weight is 314 g/mol. The summed E-state index contributed by atoms with van der Waals surface area (Å²) in [4.78, 5) is 12.1. The van der Waals surface area contributed by atoms with Crippen molar-refractivity contribution >= 4 is 11.7 Å². The van der Waals surface area contributed by atoms with Crippen LogP contribution in [0.1, 0.15) is 11.1 Å². The number of benzene rings is 2. The summed E-state index contributed by atoms with van der Waals surface area (Å²) in [5.41, 5.74) is 2.60. The number of para-hydroxylation sites is 1. The van der Waals surface area contributed by atoms with E-state index in [0.29, 0.717) is 18.9 Å². The molecule has 0 spiro atoms. The number of ether oxygens (including phenoxy) is 3. The molecule has 0 unspecified atom stereocenters. The Morgan fingerprint density at radius 1 is 1.17 bits per heavy atom. The molecule has 0 saturated carbocycles. The minimum Gasteiger partial charge on any atom is -0.454 e. The summed E-state index contributed by atoms with van der Waals surface area (Å²) in [5.74, 6) is 1.43. The number of hydrogen-bond acceptors (Lipinski definition) is 4. The van der Waals surface area contributed by atoms with Crippen molar-refractivity contribution in [3.8, 4) is 11.5 Å². The van der Waals surface area contributed by atoms with Crippen LogP contribution in [0, 0.1) is 0 Å². The second-order valence-electron chi connectivity index (χ2n) is 5.09. The number of urea groups is 1. The van der Waals surface area contributed by atoms with Crippen LogP contribution >= 0.6 is 0 Å². The highest BCUT2D eigenvalue weighted by Gasteiger charge is 2.13. The molecule has 0 saturated heterocycles. The van der Waals surface area contributed by atoms with E-state index >= 15 is 0 Å². The Morgan fingerprint density at radius 3 is 2.87 bits per heavy atom. The number of methoxy groups -OCH3 is 1. The molecule has 2 N–H and O–H groups in total. The van der Waals surface area contributed by atoms with Gasteiger partial charge in [0.2, 0.25) is 6.79 Å². The number of anilines is 1. The first-order valence-corrected chi connectivity index (χ1v) is 7.26. The number of hydrogen-bond donors (Lipinski definition) is 2. The smallest absolute Gasteiger partial charge is 0.319 e. The van der Waals surface area contributed by atoms with Gasteiger partial charge in [0, 0.05) is 24.9 Å². The minimum absolute atomic E-state index is 0.239. The topological polar surface area (TPSA) is 68.8 Å². The fraction of sp³-hybridized carbons (Fsp3) is 0.235. The maximum absolute atomic E-state index is 12.1. The summed E-state index contributed by atoms with van der Waals surface area (Å²) in [6.07, 6.45) is 0. The standard InChI is InChI=1S/C17H18N2O4/c1-21-10-13-4-2-3-5-14(13)19-17(20)18-9-12-6-7-15-16(8-12)23-11-22-15/h2-8H,9-11H2,1H3,(H2,18,19,20). The van der Waals surface area contributed by atoms with Gasteiger partial charge in [0.1, 0.15) is 0 Å². The number of nitrogens with one attached hydrogen (secondary N) is 2. The fourth-order valence-electron chi connectivity index (χ4n) is 2.32. The van der Waals surface area contributed by atoms with Crippen molar-refractivity contribution in [1.29, 1.82) is 0 Å². The highest BCUT2D eigenvalue weighted by atomic mass is 16.7. The van der Waals surface area contributed by atoms with Crippen molar-refractivity contribution in [3.63, 3.8) is 0 Å². The third-order valence-electron chi connectivity index (χ3n) is 3.46. The normalized spacial score (nSPS) is 12.0. The molecule has 1 aliphatic rings. The van der Waals surface area contributed by atoms with Gasteiger partial charge >= 0.3 is 6.03 Å². The molecule has 6 nitrogen and oxygen atoms in total. The lowest BCUT2D eigenvalue weighted by molar-refractivity contribution is 0.174. The molecule has 2 aromatic rings. The molecule has 1 heterocycles. The van der Waals surface area contributed by atoms with Crippen LogP contribution in [0.15, 0.2) is 42.5 Å². The second kappa shape index (κ2) is 7.02. The number of amides is 2. The summed E-state index contributed by atoms with van der Waals surface area (Å²) in [5, 5.41) is 5.65. The molecular weight excluding hydrogens is 296 g/mol. The average Bonchev–Trinajstić information content (AvgIpc) is 3.03. The van der Waals surface area contributed by atoms with Crippen LogP contribution in [0.3, 0.4) is 0 Å². The van der Waals surface area contributed by atoms with Crippen LogP contribution in [0.4, 0.5) is 10.5 Å². The lowest BCUT2D eigenvalue weighted by atomic mass is 10.2. The van der Waals surface area contributed by atoms with Gasteiger partial charge in [-0.1, -0.05) is 24.3 Å². The third kappa shape index (κ3) is 3.73. The first-order chi connectivity index (χ1) is 11.3. The van der Waals surface area contributed by atoms with E-state index in [1.807, 2.05) is 42.5 Å². The number of fused-ring (bicyclic) bond motifs is 1. The van der Waals surface area contributed by atoms with E-state index in [0.717, 1.165) is 22.6 Å². The Kier molecular flexibility index (Phi) is 4.63. The molecule has 6 heteroatoms. The van der Waals surface area contributed by atoms with Gasteiger partial charge in [-0.2, -0.15) is 0 Å². The van der Waals surface area contributed by atoms with Crippen molar-refractivity contribution in [1.82, 2.24) is 5.32 Å². The molecular formula is C17H18N2O4. The van der Waals surface area contributed by atoms with Crippen molar-refractivity contribution in [2.24, 2.45) is 0 Å². The van der Waals surface area contributed by atoms with Crippen molar-refractivity contribution < 1.29 is 19.0 Å². The fourth-order valence-corrected chi connectivity index (χ4v) is 2.32. The molecule has 2 aromatic carbocycles. The van der Waals surface area contributed by atoms with E-state index in [4.69, 9.17) is 14.2 Å². The largest absolute Gasteiger partial charge is 0.454 e. The molecule has 3 rings (SSSR count). The first kappa shape index (κ1) is 15.2. The highest BCUT2D eigenvalue weighted by molar-refractivity contribution is 5.90. The van der Waals surface area contributed by atoms with Crippen LogP contribution in [0.2, 0.25) is 0 Å². The summed E-state index contributed by atoms with van der Waals surface area (Å²) >= 11 is 0. The van der Waals surface area contributed by atoms with E-state index < -0.39 is 0 Å². The van der Waals surface area contributed by atoms with Gasteiger partial charge in [-0.3, -0.25) is 0 Å². The Balaban J connectivity index is 1.58. The van der Waals surface area contributed by atoms with Gasteiger partial charge in [0.15, 0.2) is 11.5 Å². The summed E-state index contributed by atoms with van der Waals surface area (Å²) in [6.45, 7) is 1.08. The molecule has 1 aliphatic heterocycles. The van der Waals surface area contributed by atoms with Crippen LogP contribution in [0.5, 0.6) is 11.5 Å². The van der Waals surface area contributed by atoms with Gasteiger partial charge in [0.05, 0.1) is 6.61 Å².